The molecule has 3 nitrogen and oxygen atoms in total. The van der Waals surface area contributed by atoms with Crippen molar-refractivity contribution >= 4 is 0 Å². The first kappa shape index (κ1) is 12.8. The van der Waals surface area contributed by atoms with E-state index >= 15 is 0 Å². The molecule has 0 aliphatic heterocycles. The van der Waals surface area contributed by atoms with Crippen LogP contribution in [0.5, 0.6) is 0 Å². The normalized spacial score (nSPS) is 12.4. The summed E-state index contributed by atoms with van der Waals surface area (Å²) in [7, 11) is 0. The number of rotatable bonds is 6. The van der Waals surface area contributed by atoms with E-state index in [4.69, 9.17) is 0 Å². The van der Waals surface area contributed by atoms with E-state index in [0.717, 1.165) is 30.8 Å². The van der Waals surface area contributed by atoms with E-state index in [1.807, 2.05) is 19.9 Å². The zero-order valence-electron chi connectivity index (χ0n) is 10.5. The molecule has 0 fully saturated rings. The van der Waals surface area contributed by atoms with Crippen molar-refractivity contribution in [3.05, 3.63) is 35.7 Å². The topological polar surface area (TPSA) is 37.8 Å². The minimum Gasteiger partial charge on any atom is -0.310 e. The van der Waals surface area contributed by atoms with Crippen LogP contribution >= 0.6 is 0 Å². The van der Waals surface area contributed by atoms with Gasteiger partial charge in [0, 0.05) is 6.04 Å². The SMILES string of the molecule is C=CCCC(NCC)c1cc(C)nnc1C. The molecule has 0 aliphatic carbocycles. The van der Waals surface area contributed by atoms with Crippen LogP contribution in [0.3, 0.4) is 0 Å². The first-order valence-electron chi connectivity index (χ1n) is 5.84. The van der Waals surface area contributed by atoms with Gasteiger partial charge in [-0.3, -0.25) is 0 Å². The molecule has 0 radical (unpaired) electrons. The third-order valence-corrected chi connectivity index (χ3v) is 2.63. The maximum absolute atomic E-state index is 4.17. The highest BCUT2D eigenvalue weighted by atomic mass is 15.1. The summed E-state index contributed by atoms with van der Waals surface area (Å²) >= 11 is 0. The van der Waals surface area contributed by atoms with E-state index in [2.05, 4.69) is 35.1 Å². The quantitative estimate of drug-likeness (QED) is 0.747. The molecule has 88 valence electrons. The fourth-order valence-electron chi connectivity index (χ4n) is 1.82. The number of nitrogens with one attached hydrogen (secondary N) is 1. The standard InChI is InChI=1S/C13H21N3/c1-5-7-8-13(14-6-2)12-9-10(3)15-16-11(12)4/h5,9,13-14H,1,6-8H2,2-4H3. The van der Waals surface area contributed by atoms with Gasteiger partial charge in [-0.2, -0.15) is 10.2 Å². The van der Waals surface area contributed by atoms with Crippen LogP contribution < -0.4 is 5.32 Å². The van der Waals surface area contributed by atoms with E-state index in [1.54, 1.807) is 0 Å². The summed E-state index contributed by atoms with van der Waals surface area (Å²) < 4.78 is 0. The summed E-state index contributed by atoms with van der Waals surface area (Å²) in [5, 5.41) is 11.7. The highest BCUT2D eigenvalue weighted by Gasteiger charge is 2.13. The van der Waals surface area contributed by atoms with Crippen molar-refractivity contribution < 1.29 is 0 Å². The summed E-state index contributed by atoms with van der Waals surface area (Å²) in [6, 6.07) is 2.48. The molecule has 0 bridgehead atoms. The molecular weight excluding hydrogens is 198 g/mol. The van der Waals surface area contributed by atoms with Gasteiger partial charge in [0.1, 0.15) is 0 Å². The number of aromatic nitrogens is 2. The summed E-state index contributed by atoms with van der Waals surface area (Å²) in [6.45, 7) is 10.8. The lowest BCUT2D eigenvalue weighted by Gasteiger charge is -2.19. The third kappa shape index (κ3) is 3.42. The fourth-order valence-corrected chi connectivity index (χ4v) is 1.82. The predicted octanol–water partition coefficient (Wildman–Crippen LogP) is 2.71. The van der Waals surface area contributed by atoms with Gasteiger partial charge in [0.05, 0.1) is 11.4 Å². The molecular formula is C13H21N3. The van der Waals surface area contributed by atoms with Crippen molar-refractivity contribution in [1.29, 1.82) is 0 Å². The summed E-state index contributed by atoms with van der Waals surface area (Å²) in [5.41, 5.74) is 3.25. The second-order valence-electron chi connectivity index (χ2n) is 4.00. The van der Waals surface area contributed by atoms with Gasteiger partial charge in [0.25, 0.3) is 0 Å². The molecule has 1 aromatic heterocycles. The largest absolute Gasteiger partial charge is 0.310 e. The lowest BCUT2D eigenvalue weighted by atomic mass is 10.0. The van der Waals surface area contributed by atoms with E-state index in [0.29, 0.717) is 6.04 Å². The van der Waals surface area contributed by atoms with Gasteiger partial charge in [0.15, 0.2) is 0 Å². The Bertz CT molecular complexity index is 347. The summed E-state index contributed by atoms with van der Waals surface area (Å²) in [5.74, 6) is 0. The highest BCUT2D eigenvalue weighted by molar-refractivity contribution is 5.23. The van der Waals surface area contributed by atoms with Crippen LogP contribution in [0.4, 0.5) is 0 Å². The monoisotopic (exact) mass is 219 g/mol. The van der Waals surface area contributed by atoms with Crippen molar-refractivity contribution in [2.24, 2.45) is 0 Å². The van der Waals surface area contributed by atoms with Crippen molar-refractivity contribution in [3.8, 4) is 0 Å². The van der Waals surface area contributed by atoms with Gasteiger partial charge in [-0.1, -0.05) is 13.0 Å². The van der Waals surface area contributed by atoms with Gasteiger partial charge >= 0.3 is 0 Å². The zero-order valence-corrected chi connectivity index (χ0v) is 10.5. The molecule has 1 unspecified atom stereocenters. The minimum atomic E-state index is 0.359. The van der Waals surface area contributed by atoms with E-state index in [9.17, 15) is 0 Å². The Labute approximate surface area is 98.0 Å². The Hall–Kier alpha value is -1.22. The Kier molecular flexibility index (Phi) is 5.12. The first-order chi connectivity index (χ1) is 7.69. The van der Waals surface area contributed by atoms with Gasteiger partial charge in [0.2, 0.25) is 0 Å². The summed E-state index contributed by atoms with van der Waals surface area (Å²) in [6.07, 6.45) is 4.03. The number of hydrogen-bond acceptors (Lipinski definition) is 3. The number of hydrogen-bond donors (Lipinski definition) is 1. The molecule has 1 aromatic rings. The molecule has 1 N–H and O–H groups in total. The lowest BCUT2D eigenvalue weighted by molar-refractivity contribution is 0.513. The Morgan fingerprint density at radius 3 is 2.81 bits per heavy atom. The zero-order chi connectivity index (χ0) is 12.0. The van der Waals surface area contributed by atoms with Crippen LogP contribution in [0.1, 0.15) is 42.8 Å². The summed E-state index contributed by atoms with van der Waals surface area (Å²) in [4.78, 5) is 0. The van der Waals surface area contributed by atoms with Crippen LogP contribution in [-0.4, -0.2) is 16.7 Å². The van der Waals surface area contributed by atoms with Gasteiger partial charge in [-0.15, -0.1) is 6.58 Å². The molecule has 0 aromatic carbocycles. The lowest BCUT2D eigenvalue weighted by Crippen LogP contribution is -2.22. The molecule has 1 atom stereocenters. The molecule has 3 heteroatoms. The molecule has 0 saturated carbocycles. The van der Waals surface area contributed by atoms with Gasteiger partial charge in [-0.25, -0.2) is 0 Å². The third-order valence-electron chi connectivity index (χ3n) is 2.63. The predicted molar refractivity (Wildman–Crippen MR) is 67.4 cm³/mol. The van der Waals surface area contributed by atoms with Gasteiger partial charge < -0.3 is 5.32 Å². The molecule has 0 spiro atoms. The average molecular weight is 219 g/mol. The molecule has 1 rings (SSSR count). The van der Waals surface area contributed by atoms with Crippen molar-refractivity contribution in [3.63, 3.8) is 0 Å². The van der Waals surface area contributed by atoms with Crippen molar-refractivity contribution in [1.82, 2.24) is 15.5 Å². The second kappa shape index (κ2) is 6.38. The highest BCUT2D eigenvalue weighted by Crippen LogP contribution is 2.21. The molecule has 16 heavy (non-hydrogen) atoms. The van der Waals surface area contributed by atoms with E-state index in [-0.39, 0.29) is 0 Å². The first-order valence-corrected chi connectivity index (χ1v) is 5.84. The minimum absolute atomic E-state index is 0.359. The van der Waals surface area contributed by atoms with Gasteiger partial charge in [-0.05, 0) is 44.9 Å². The number of allylic oxidation sites excluding steroid dienone is 1. The van der Waals surface area contributed by atoms with Crippen molar-refractivity contribution in [2.45, 2.75) is 39.7 Å². The van der Waals surface area contributed by atoms with Crippen molar-refractivity contribution in [2.75, 3.05) is 6.54 Å². The Balaban J connectivity index is 2.89. The average Bonchev–Trinajstić information content (AvgIpc) is 2.28. The molecule has 1 heterocycles. The second-order valence-corrected chi connectivity index (χ2v) is 4.00. The van der Waals surface area contributed by atoms with Crippen LogP contribution in [0.25, 0.3) is 0 Å². The molecule has 0 amide bonds. The fraction of sp³-hybridized carbons (Fsp3) is 0.538. The van der Waals surface area contributed by atoms with Crippen LogP contribution in [0.15, 0.2) is 18.7 Å². The van der Waals surface area contributed by atoms with E-state index in [1.165, 1.54) is 5.56 Å². The van der Waals surface area contributed by atoms with Crippen LogP contribution in [0.2, 0.25) is 0 Å². The molecule has 0 aliphatic rings. The smallest absolute Gasteiger partial charge is 0.0648 e. The van der Waals surface area contributed by atoms with Crippen LogP contribution in [0, 0.1) is 13.8 Å². The number of aryl methyl sites for hydroxylation is 2. The number of nitrogens with zero attached hydrogens (tertiary/aromatic N) is 2. The van der Waals surface area contributed by atoms with Crippen LogP contribution in [-0.2, 0) is 0 Å². The molecule has 0 saturated heterocycles. The Morgan fingerprint density at radius 1 is 1.44 bits per heavy atom. The Morgan fingerprint density at radius 2 is 2.19 bits per heavy atom. The van der Waals surface area contributed by atoms with E-state index < -0.39 is 0 Å². The maximum Gasteiger partial charge on any atom is 0.0648 e. The maximum atomic E-state index is 4.17.